The molecule has 2 aromatic rings. The van der Waals surface area contributed by atoms with Crippen molar-refractivity contribution in [2.24, 2.45) is 5.73 Å². The molecule has 0 aliphatic carbocycles. The molecule has 0 bridgehead atoms. The summed E-state index contributed by atoms with van der Waals surface area (Å²) in [4.78, 5) is 0. The van der Waals surface area contributed by atoms with Crippen molar-refractivity contribution in [1.82, 2.24) is 0 Å². The molecular formula is C15H15BrClNO. The Morgan fingerprint density at radius 3 is 2.79 bits per heavy atom. The van der Waals surface area contributed by atoms with Crippen molar-refractivity contribution >= 4 is 27.5 Å². The van der Waals surface area contributed by atoms with E-state index in [-0.39, 0.29) is 0 Å². The summed E-state index contributed by atoms with van der Waals surface area (Å²) in [6.45, 7) is 2.56. The molecule has 0 atom stereocenters. The van der Waals surface area contributed by atoms with Crippen molar-refractivity contribution in [3.8, 4) is 11.5 Å². The molecule has 2 rings (SSSR count). The molecule has 0 radical (unpaired) electrons. The van der Waals surface area contributed by atoms with Crippen LogP contribution in [-0.2, 0) is 6.42 Å². The molecule has 0 aliphatic heterocycles. The molecule has 0 saturated carbocycles. The van der Waals surface area contributed by atoms with Crippen molar-refractivity contribution in [3.63, 3.8) is 0 Å². The predicted octanol–water partition coefficient (Wildman–Crippen LogP) is 4.70. The van der Waals surface area contributed by atoms with Gasteiger partial charge in [-0.15, -0.1) is 0 Å². The highest BCUT2D eigenvalue weighted by molar-refractivity contribution is 9.10. The molecule has 4 heteroatoms. The molecular weight excluding hydrogens is 326 g/mol. The zero-order valence-corrected chi connectivity index (χ0v) is 13.0. The van der Waals surface area contributed by atoms with E-state index >= 15 is 0 Å². The van der Waals surface area contributed by atoms with Gasteiger partial charge in [0.05, 0.1) is 5.02 Å². The molecule has 2 nitrogen and oxygen atoms in total. The molecule has 2 N–H and O–H groups in total. The van der Waals surface area contributed by atoms with Gasteiger partial charge in [-0.3, -0.25) is 0 Å². The summed E-state index contributed by atoms with van der Waals surface area (Å²) in [5.74, 6) is 1.48. The first-order valence-corrected chi connectivity index (χ1v) is 7.20. The van der Waals surface area contributed by atoms with Gasteiger partial charge in [0, 0.05) is 4.47 Å². The van der Waals surface area contributed by atoms with E-state index in [4.69, 9.17) is 22.1 Å². The minimum absolute atomic E-state index is 0.564. The number of benzene rings is 2. The Morgan fingerprint density at radius 1 is 1.26 bits per heavy atom. The van der Waals surface area contributed by atoms with Crippen LogP contribution in [0, 0.1) is 6.92 Å². The Labute approximate surface area is 126 Å². The van der Waals surface area contributed by atoms with Gasteiger partial charge in [-0.05, 0) is 49.2 Å². The molecule has 100 valence electrons. The summed E-state index contributed by atoms with van der Waals surface area (Å²) >= 11 is 9.67. The highest BCUT2D eigenvalue weighted by Gasteiger charge is 2.10. The molecule has 19 heavy (non-hydrogen) atoms. The lowest BCUT2D eigenvalue weighted by molar-refractivity contribution is 0.472. The van der Waals surface area contributed by atoms with Crippen molar-refractivity contribution in [2.75, 3.05) is 6.54 Å². The summed E-state index contributed by atoms with van der Waals surface area (Å²) in [6.07, 6.45) is 0.739. The fourth-order valence-corrected chi connectivity index (χ4v) is 2.39. The van der Waals surface area contributed by atoms with Crippen molar-refractivity contribution in [3.05, 3.63) is 57.0 Å². The second kappa shape index (κ2) is 6.42. The maximum Gasteiger partial charge on any atom is 0.149 e. The summed E-state index contributed by atoms with van der Waals surface area (Å²) < 4.78 is 6.96. The van der Waals surface area contributed by atoms with E-state index in [1.807, 2.05) is 43.3 Å². The first-order chi connectivity index (χ1) is 9.11. The average Bonchev–Trinajstić information content (AvgIpc) is 2.38. The lowest BCUT2D eigenvalue weighted by Gasteiger charge is -2.14. The van der Waals surface area contributed by atoms with E-state index in [0.29, 0.717) is 17.3 Å². The van der Waals surface area contributed by atoms with Gasteiger partial charge < -0.3 is 10.5 Å². The maximum atomic E-state index is 6.23. The Kier molecular flexibility index (Phi) is 4.86. The van der Waals surface area contributed by atoms with Crippen LogP contribution >= 0.6 is 27.5 Å². The van der Waals surface area contributed by atoms with Gasteiger partial charge >= 0.3 is 0 Å². The third kappa shape index (κ3) is 3.50. The number of rotatable bonds is 4. The smallest absolute Gasteiger partial charge is 0.149 e. The van der Waals surface area contributed by atoms with Gasteiger partial charge in [0.15, 0.2) is 0 Å². The van der Waals surface area contributed by atoms with Crippen LogP contribution in [0.3, 0.4) is 0 Å². The zero-order valence-electron chi connectivity index (χ0n) is 10.6. The van der Waals surface area contributed by atoms with Crippen LogP contribution in [0.1, 0.15) is 11.1 Å². The Morgan fingerprint density at radius 2 is 2.05 bits per heavy atom. The highest BCUT2D eigenvalue weighted by atomic mass is 79.9. The normalized spacial score (nSPS) is 10.5. The van der Waals surface area contributed by atoms with E-state index < -0.39 is 0 Å². The number of nitrogens with two attached hydrogens (primary N) is 1. The van der Waals surface area contributed by atoms with Crippen molar-refractivity contribution in [2.45, 2.75) is 13.3 Å². The second-order valence-corrected chi connectivity index (χ2v) is 5.60. The number of hydrogen-bond donors (Lipinski definition) is 1. The minimum atomic E-state index is 0.564. The Bertz CT molecular complexity index is 586. The van der Waals surface area contributed by atoms with E-state index in [1.54, 1.807) is 0 Å². The topological polar surface area (TPSA) is 35.2 Å². The number of halogens is 2. The fourth-order valence-electron chi connectivity index (χ4n) is 1.81. The molecule has 0 amide bonds. The van der Waals surface area contributed by atoms with E-state index in [0.717, 1.165) is 27.8 Å². The lowest BCUT2D eigenvalue weighted by Crippen LogP contribution is -2.04. The van der Waals surface area contributed by atoms with Gasteiger partial charge in [-0.2, -0.15) is 0 Å². The lowest BCUT2D eigenvalue weighted by atomic mass is 10.1. The molecule has 0 saturated heterocycles. The Balaban J connectivity index is 2.39. The maximum absolute atomic E-state index is 6.23. The summed E-state index contributed by atoms with van der Waals surface area (Å²) in [5, 5.41) is 0.602. The van der Waals surface area contributed by atoms with Crippen molar-refractivity contribution in [1.29, 1.82) is 0 Å². The minimum Gasteiger partial charge on any atom is -0.455 e. The molecule has 0 aliphatic rings. The quantitative estimate of drug-likeness (QED) is 0.875. The Hall–Kier alpha value is -1.03. The third-order valence-electron chi connectivity index (χ3n) is 2.82. The molecule has 0 aromatic heterocycles. The third-order valence-corrected chi connectivity index (χ3v) is 3.62. The van der Waals surface area contributed by atoms with Gasteiger partial charge in [0.1, 0.15) is 11.5 Å². The largest absolute Gasteiger partial charge is 0.455 e. The van der Waals surface area contributed by atoms with Gasteiger partial charge in [-0.25, -0.2) is 0 Å². The van der Waals surface area contributed by atoms with Crippen LogP contribution in [0.4, 0.5) is 0 Å². The molecule has 0 heterocycles. The zero-order chi connectivity index (χ0) is 13.8. The summed E-state index contributed by atoms with van der Waals surface area (Å²) in [6, 6.07) is 11.6. The molecule has 0 fully saturated rings. The second-order valence-electron chi connectivity index (χ2n) is 4.28. The first kappa shape index (κ1) is 14.4. The van der Waals surface area contributed by atoms with Crippen LogP contribution in [0.25, 0.3) is 0 Å². The van der Waals surface area contributed by atoms with E-state index in [2.05, 4.69) is 15.9 Å². The van der Waals surface area contributed by atoms with Crippen LogP contribution in [0.5, 0.6) is 11.5 Å². The van der Waals surface area contributed by atoms with Crippen molar-refractivity contribution < 1.29 is 4.74 Å². The van der Waals surface area contributed by atoms with Gasteiger partial charge in [-0.1, -0.05) is 45.7 Å². The molecule has 2 aromatic carbocycles. The van der Waals surface area contributed by atoms with Crippen LogP contribution in [0.2, 0.25) is 5.02 Å². The van der Waals surface area contributed by atoms with Crippen LogP contribution in [-0.4, -0.2) is 6.54 Å². The average molecular weight is 341 g/mol. The summed E-state index contributed by atoms with van der Waals surface area (Å²) in [5.41, 5.74) is 7.70. The van der Waals surface area contributed by atoms with E-state index in [1.165, 1.54) is 0 Å². The van der Waals surface area contributed by atoms with Crippen LogP contribution < -0.4 is 10.5 Å². The predicted molar refractivity (Wildman–Crippen MR) is 83.2 cm³/mol. The SMILES string of the molecule is Cc1ccc(Br)cc1Oc1c(Cl)cccc1CCN. The standard InChI is InChI=1S/C15H15BrClNO/c1-10-5-6-12(16)9-14(10)19-15-11(7-8-18)3-2-4-13(15)17/h2-6,9H,7-8,18H2,1H3. The van der Waals surface area contributed by atoms with Crippen LogP contribution in [0.15, 0.2) is 40.9 Å². The number of ether oxygens (including phenoxy) is 1. The first-order valence-electron chi connectivity index (χ1n) is 6.03. The number of hydrogen-bond acceptors (Lipinski definition) is 2. The fraction of sp³-hybridized carbons (Fsp3) is 0.200. The van der Waals surface area contributed by atoms with Gasteiger partial charge in [0.2, 0.25) is 0 Å². The van der Waals surface area contributed by atoms with E-state index in [9.17, 15) is 0 Å². The van der Waals surface area contributed by atoms with Gasteiger partial charge in [0.25, 0.3) is 0 Å². The number of aryl methyl sites for hydroxylation is 1. The monoisotopic (exact) mass is 339 g/mol. The highest BCUT2D eigenvalue weighted by Crippen LogP contribution is 2.35. The summed E-state index contributed by atoms with van der Waals surface area (Å²) in [7, 11) is 0. The molecule has 0 unspecified atom stereocenters. The number of para-hydroxylation sites is 1. The molecule has 0 spiro atoms.